The van der Waals surface area contributed by atoms with E-state index in [2.05, 4.69) is 64.5 Å². The monoisotopic (exact) mass is 290 g/mol. The van der Waals surface area contributed by atoms with Crippen LogP contribution in [0.2, 0.25) is 0 Å². The van der Waals surface area contributed by atoms with Crippen molar-refractivity contribution < 1.29 is 0 Å². The van der Waals surface area contributed by atoms with Crippen LogP contribution in [0.5, 0.6) is 0 Å². The van der Waals surface area contributed by atoms with Crippen molar-refractivity contribution >= 4 is 27.0 Å². The molecule has 104 valence electrons. The Balaban J connectivity index is 5.11. The smallest absolute Gasteiger partial charge is 0.165 e. The number of nitrogens with zero attached hydrogens (tertiary/aromatic N) is 2. The predicted octanol–water partition coefficient (Wildman–Crippen LogP) is 0.390. The Kier molecular flexibility index (Phi) is 8.15. The SMILES string of the molecule is CC(C)N(C(C)C)[SiH]([SiH2][SiH3])N(C(C)C)C(C)C. The number of rotatable bonds is 7. The zero-order chi connectivity index (χ0) is 13.7. The van der Waals surface area contributed by atoms with Crippen LogP contribution in [0.3, 0.4) is 0 Å². The standard InChI is InChI=1S/C12H34N2Si3/c1-9(2)13(10(3)4)17(16-15)14(11(5)6)12(7)8/h9-12,17H,16H2,1-8,15H3. The van der Waals surface area contributed by atoms with Gasteiger partial charge in [0.05, 0.1) is 0 Å². The van der Waals surface area contributed by atoms with E-state index in [4.69, 9.17) is 0 Å². The molecule has 0 aliphatic carbocycles. The van der Waals surface area contributed by atoms with Gasteiger partial charge in [-0.1, -0.05) is 55.4 Å². The zero-order valence-electron chi connectivity index (χ0n) is 13.5. The van der Waals surface area contributed by atoms with E-state index >= 15 is 0 Å². The van der Waals surface area contributed by atoms with E-state index in [1.807, 2.05) is 0 Å². The second-order valence-electron chi connectivity index (χ2n) is 6.16. The van der Waals surface area contributed by atoms with Crippen molar-refractivity contribution in [1.29, 1.82) is 0 Å². The minimum Gasteiger partial charge on any atom is -0.312 e. The molecular formula is C12H34N2Si3. The van der Waals surface area contributed by atoms with Crippen molar-refractivity contribution in [2.45, 2.75) is 79.6 Å². The summed E-state index contributed by atoms with van der Waals surface area (Å²) < 4.78 is 5.75. The minimum atomic E-state index is -0.807. The van der Waals surface area contributed by atoms with Gasteiger partial charge < -0.3 is 9.13 Å². The van der Waals surface area contributed by atoms with Crippen molar-refractivity contribution in [3.05, 3.63) is 0 Å². The summed E-state index contributed by atoms with van der Waals surface area (Å²) in [6.45, 7) is 19.0. The highest BCUT2D eigenvalue weighted by Crippen LogP contribution is 2.15. The Labute approximate surface area is 116 Å². The fraction of sp³-hybridized carbons (Fsp3) is 1.00. The van der Waals surface area contributed by atoms with Gasteiger partial charge in [0.25, 0.3) is 0 Å². The van der Waals surface area contributed by atoms with E-state index in [1.54, 1.807) is 0 Å². The van der Waals surface area contributed by atoms with Crippen molar-refractivity contribution in [3.8, 4) is 0 Å². The number of hydrogen-bond acceptors (Lipinski definition) is 2. The summed E-state index contributed by atoms with van der Waals surface area (Å²) in [5, 5.41) is 0. The first-order chi connectivity index (χ1) is 7.73. The first kappa shape index (κ1) is 17.6. The maximum absolute atomic E-state index is 2.87. The lowest BCUT2D eigenvalue weighted by molar-refractivity contribution is 0.232. The molecule has 0 bridgehead atoms. The summed E-state index contributed by atoms with van der Waals surface area (Å²) in [5.41, 5.74) is 0. The molecule has 0 amide bonds. The van der Waals surface area contributed by atoms with Gasteiger partial charge in [-0.2, -0.15) is 0 Å². The molecule has 2 nitrogen and oxygen atoms in total. The molecule has 0 heterocycles. The predicted molar refractivity (Wildman–Crippen MR) is 89.9 cm³/mol. The highest BCUT2D eigenvalue weighted by Gasteiger charge is 2.32. The van der Waals surface area contributed by atoms with Crippen LogP contribution in [-0.2, 0) is 0 Å². The summed E-state index contributed by atoms with van der Waals surface area (Å²) in [6.07, 6.45) is 0. The maximum atomic E-state index is 2.87. The van der Waals surface area contributed by atoms with Gasteiger partial charge in [0.2, 0.25) is 0 Å². The van der Waals surface area contributed by atoms with E-state index in [-0.39, 0.29) is 8.55 Å². The molecule has 0 radical (unpaired) electrons. The van der Waals surface area contributed by atoms with Crippen LogP contribution in [0.15, 0.2) is 0 Å². The van der Waals surface area contributed by atoms with Crippen molar-refractivity contribution in [2.24, 2.45) is 0 Å². The average Bonchev–Trinajstić information content (AvgIpc) is 2.13. The van der Waals surface area contributed by atoms with E-state index in [1.165, 1.54) is 9.76 Å². The molecule has 0 rings (SSSR count). The second kappa shape index (κ2) is 7.89. The summed E-state index contributed by atoms with van der Waals surface area (Å²) >= 11 is 0. The molecule has 17 heavy (non-hydrogen) atoms. The Morgan fingerprint density at radius 3 is 1.06 bits per heavy atom. The van der Waals surface area contributed by atoms with E-state index in [0.717, 1.165) is 0 Å². The summed E-state index contributed by atoms with van der Waals surface area (Å²) in [6, 6.07) is 2.86. The molecule has 0 atom stereocenters. The third kappa shape index (κ3) is 4.98. The normalized spacial score (nSPS) is 14.3. The fourth-order valence-electron chi connectivity index (χ4n) is 3.14. The van der Waals surface area contributed by atoms with Gasteiger partial charge >= 0.3 is 0 Å². The third-order valence-electron chi connectivity index (χ3n) is 3.44. The highest BCUT2D eigenvalue weighted by atomic mass is 29.5. The van der Waals surface area contributed by atoms with Crippen LogP contribution in [0.4, 0.5) is 0 Å². The minimum absolute atomic E-state index is 0.192. The molecule has 0 unspecified atom stereocenters. The molecule has 0 N–H and O–H groups in total. The Bertz CT molecular complexity index is 172. The molecule has 5 heteroatoms. The lowest BCUT2D eigenvalue weighted by Gasteiger charge is -2.46. The molecule has 0 saturated heterocycles. The van der Waals surface area contributed by atoms with Crippen molar-refractivity contribution in [3.63, 3.8) is 0 Å². The van der Waals surface area contributed by atoms with Gasteiger partial charge in [-0.3, -0.25) is 0 Å². The zero-order valence-corrected chi connectivity index (χ0v) is 18.1. The Morgan fingerprint density at radius 1 is 0.706 bits per heavy atom. The highest BCUT2D eigenvalue weighted by molar-refractivity contribution is 7.29. The van der Waals surface area contributed by atoms with Crippen LogP contribution in [0.25, 0.3) is 0 Å². The maximum Gasteiger partial charge on any atom is 0.165 e. The van der Waals surface area contributed by atoms with Crippen LogP contribution in [-0.4, -0.2) is 60.3 Å². The van der Waals surface area contributed by atoms with Crippen LogP contribution in [0.1, 0.15) is 55.4 Å². The number of hydrogen-bond donors (Lipinski definition) is 0. The van der Waals surface area contributed by atoms with Gasteiger partial charge in [0.15, 0.2) is 8.64 Å². The molecule has 0 saturated carbocycles. The average molecular weight is 291 g/mol. The first-order valence-corrected chi connectivity index (χ1v) is 17.2. The summed E-state index contributed by atoms with van der Waals surface area (Å²) in [5.74, 6) is 0. The molecule has 0 aromatic heterocycles. The molecular weight excluding hydrogens is 256 g/mol. The van der Waals surface area contributed by atoms with Gasteiger partial charge in [0.1, 0.15) is 0 Å². The topological polar surface area (TPSA) is 6.48 Å². The molecule has 0 aromatic carbocycles. The van der Waals surface area contributed by atoms with Crippen LogP contribution >= 0.6 is 0 Å². The lowest BCUT2D eigenvalue weighted by Crippen LogP contribution is -2.64. The van der Waals surface area contributed by atoms with Crippen LogP contribution < -0.4 is 0 Å². The van der Waals surface area contributed by atoms with Crippen LogP contribution in [0, 0.1) is 0 Å². The Morgan fingerprint density at radius 2 is 0.941 bits per heavy atom. The van der Waals surface area contributed by atoms with Crippen molar-refractivity contribution in [1.82, 2.24) is 9.13 Å². The third-order valence-corrected chi connectivity index (χ3v) is 19.2. The fourth-order valence-corrected chi connectivity index (χ4v) is 22.2. The summed E-state index contributed by atoms with van der Waals surface area (Å²) in [7, 11) is 0.853. The van der Waals surface area contributed by atoms with Gasteiger partial charge in [-0.05, 0) is 33.9 Å². The summed E-state index contributed by atoms with van der Waals surface area (Å²) in [4.78, 5) is 0. The quantitative estimate of drug-likeness (QED) is 0.626. The largest absolute Gasteiger partial charge is 0.312 e. The molecule has 0 spiro atoms. The Hall–Kier alpha value is 0.571. The van der Waals surface area contributed by atoms with E-state index in [9.17, 15) is 0 Å². The van der Waals surface area contributed by atoms with Gasteiger partial charge in [0, 0.05) is 8.55 Å². The van der Waals surface area contributed by atoms with Crippen molar-refractivity contribution in [2.75, 3.05) is 0 Å². The second-order valence-corrected chi connectivity index (χ2v) is 21.1. The molecule has 0 aliphatic rings. The molecule has 0 aromatic rings. The first-order valence-electron chi connectivity index (χ1n) is 7.28. The van der Waals surface area contributed by atoms with E-state index in [0.29, 0.717) is 24.2 Å². The molecule has 0 fully saturated rings. The lowest BCUT2D eigenvalue weighted by atomic mass is 10.3. The molecule has 0 aliphatic heterocycles. The van der Waals surface area contributed by atoms with Gasteiger partial charge in [-0.15, -0.1) is 0 Å². The van der Waals surface area contributed by atoms with Gasteiger partial charge in [-0.25, -0.2) is 0 Å². The van der Waals surface area contributed by atoms with E-state index < -0.39 is 8.64 Å².